The number of hydrogen-bond donors (Lipinski definition) is 2. The minimum atomic E-state index is 0.212. The van der Waals surface area contributed by atoms with Crippen LogP contribution in [-0.2, 0) is 16.1 Å². The van der Waals surface area contributed by atoms with Crippen molar-refractivity contribution >= 4 is 40.4 Å². The second-order valence-electron chi connectivity index (χ2n) is 8.75. The van der Waals surface area contributed by atoms with E-state index in [4.69, 9.17) is 4.98 Å². The average Bonchev–Trinajstić information content (AvgIpc) is 3.56. The number of benzene rings is 1. The number of nitrogens with zero attached hydrogens (tertiary/aromatic N) is 6. The van der Waals surface area contributed by atoms with Gasteiger partial charge in [-0.2, -0.15) is 9.97 Å². The first kappa shape index (κ1) is 22.1. The maximum absolute atomic E-state index is 12.0. The summed E-state index contributed by atoms with van der Waals surface area (Å²) in [5, 5.41) is 6.68. The molecule has 2 amide bonds. The molecule has 10 heteroatoms. The zero-order chi connectivity index (χ0) is 23.3. The van der Waals surface area contributed by atoms with E-state index in [-0.39, 0.29) is 11.8 Å². The Morgan fingerprint density at radius 2 is 1.62 bits per heavy atom. The van der Waals surface area contributed by atoms with Crippen LogP contribution < -0.4 is 10.6 Å². The lowest BCUT2D eigenvalue weighted by atomic mass is 10.3. The summed E-state index contributed by atoms with van der Waals surface area (Å²) < 4.78 is 1.98. The molecule has 2 aromatic heterocycles. The summed E-state index contributed by atoms with van der Waals surface area (Å²) in [6, 6.07) is 9.84. The highest BCUT2D eigenvalue weighted by Crippen LogP contribution is 2.24. The van der Waals surface area contributed by atoms with Crippen molar-refractivity contribution in [2.45, 2.75) is 38.6 Å². The molecular weight excluding hydrogens is 432 g/mol. The van der Waals surface area contributed by atoms with Crippen LogP contribution in [0.15, 0.2) is 36.7 Å². The molecule has 0 radical (unpaired) electrons. The average molecular weight is 463 g/mol. The first-order valence-corrected chi connectivity index (χ1v) is 12.0. The lowest BCUT2D eigenvalue weighted by Gasteiger charge is -2.16. The van der Waals surface area contributed by atoms with Crippen LogP contribution in [0.4, 0.5) is 17.5 Å². The fraction of sp³-hybridized carbons (Fsp3) is 0.458. The van der Waals surface area contributed by atoms with Gasteiger partial charge in [0.15, 0.2) is 17.0 Å². The molecule has 0 bridgehead atoms. The first-order chi connectivity index (χ1) is 16.7. The second-order valence-corrected chi connectivity index (χ2v) is 8.75. The van der Waals surface area contributed by atoms with Crippen molar-refractivity contribution in [3.63, 3.8) is 0 Å². The maximum atomic E-state index is 12.0. The van der Waals surface area contributed by atoms with Crippen molar-refractivity contribution in [3.8, 4) is 0 Å². The minimum Gasteiger partial charge on any atom is -0.354 e. The molecule has 178 valence electrons. The van der Waals surface area contributed by atoms with Crippen LogP contribution in [0.25, 0.3) is 11.2 Å². The number of rotatable bonds is 10. The number of imidazole rings is 1. The lowest BCUT2D eigenvalue weighted by Crippen LogP contribution is -2.28. The summed E-state index contributed by atoms with van der Waals surface area (Å²) in [5.41, 5.74) is 2.32. The number of fused-ring (bicyclic) bond motifs is 1. The zero-order valence-corrected chi connectivity index (χ0v) is 19.2. The van der Waals surface area contributed by atoms with E-state index in [9.17, 15) is 9.59 Å². The topological polar surface area (TPSA) is 108 Å². The Labute approximate surface area is 198 Å². The molecular formula is C24H30N8O2. The van der Waals surface area contributed by atoms with E-state index in [1.54, 1.807) is 6.33 Å². The van der Waals surface area contributed by atoms with Gasteiger partial charge in [-0.1, -0.05) is 18.2 Å². The zero-order valence-electron chi connectivity index (χ0n) is 19.2. The fourth-order valence-corrected chi connectivity index (χ4v) is 4.51. The predicted octanol–water partition coefficient (Wildman–Crippen LogP) is 2.62. The number of carbonyl (C=O) groups is 2. The number of anilines is 3. The molecule has 1 aromatic carbocycles. The summed E-state index contributed by atoms with van der Waals surface area (Å²) >= 11 is 0. The van der Waals surface area contributed by atoms with Crippen molar-refractivity contribution in [1.82, 2.24) is 29.3 Å². The number of aromatic nitrogens is 4. The Balaban J connectivity index is 1.33. The van der Waals surface area contributed by atoms with Gasteiger partial charge in [-0.25, -0.2) is 4.98 Å². The van der Waals surface area contributed by atoms with Crippen molar-refractivity contribution in [2.75, 3.05) is 43.4 Å². The molecule has 34 heavy (non-hydrogen) atoms. The molecule has 0 atom stereocenters. The minimum absolute atomic E-state index is 0.212. The number of amides is 2. The van der Waals surface area contributed by atoms with Crippen molar-refractivity contribution < 1.29 is 9.59 Å². The molecule has 2 fully saturated rings. The van der Waals surface area contributed by atoms with Crippen molar-refractivity contribution in [3.05, 3.63) is 36.7 Å². The van der Waals surface area contributed by atoms with Crippen molar-refractivity contribution in [1.29, 1.82) is 0 Å². The molecule has 0 unspecified atom stereocenters. The number of para-hydroxylation sites is 1. The molecule has 10 nitrogen and oxygen atoms in total. The molecule has 2 saturated heterocycles. The normalized spacial score (nSPS) is 16.1. The van der Waals surface area contributed by atoms with Crippen LogP contribution in [0.3, 0.4) is 0 Å². The summed E-state index contributed by atoms with van der Waals surface area (Å²) in [5.74, 6) is 1.60. The highest BCUT2D eigenvalue weighted by atomic mass is 16.2. The summed E-state index contributed by atoms with van der Waals surface area (Å²) in [4.78, 5) is 41.7. The van der Waals surface area contributed by atoms with E-state index in [0.29, 0.717) is 49.8 Å². The van der Waals surface area contributed by atoms with Gasteiger partial charge in [-0.3, -0.25) is 9.59 Å². The monoisotopic (exact) mass is 462 g/mol. The third-order valence-electron chi connectivity index (χ3n) is 6.34. The highest BCUT2D eigenvalue weighted by molar-refractivity contribution is 5.86. The van der Waals surface area contributed by atoms with Crippen LogP contribution >= 0.6 is 0 Å². The van der Waals surface area contributed by atoms with Crippen LogP contribution in [0.5, 0.6) is 0 Å². The van der Waals surface area contributed by atoms with Gasteiger partial charge in [0.25, 0.3) is 0 Å². The van der Waals surface area contributed by atoms with Crippen LogP contribution in [-0.4, -0.2) is 73.9 Å². The van der Waals surface area contributed by atoms with E-state index >= 15 is 0 Å². The maximum Gasteiger partial charge on any atom is 0.226 e. The van der Waals surface area contributed by atoms with Crippen LogP contribution in [0.1, 0.15) is 32.1 Å². The number of likely N-dealkylation sites (tertiary alicyclic amines) is 2. The fourth-order valence-electron chi connectivity index (χ4n) is 4.51. The SMILES string of the molecule is O=C1CCCN1CCCNc1nc(Nc2ccccc2)c2ncn(CCN3CCCC3=O)c2n1. The van der Waals surface area contributed by atoms with E-state index in [0.717, 1.165) is 50.2 Å². The third-order valence-corrected chi connectivity index (χ3v) is 6.34. The standard InChI is InChI=1S/C24H30N8O2/c33-19-9-4-12-30(19)14-6-11-25-24-28-22(27-18-7-2-1-3-8-18)21-23(29-24)32(17-26-21)16-15-31-13-5-10-20(31)34/h1-3,7-8,17H,4-6,9-16H2,(H2,25,27,28,29). The molecule has 0 spiro atoms. The molecule has 0 saturated carbocycles. The lowest BCUT2D eigenvalue weighted by molar-refractivity contribution is -0.128. The van der Waals surface area contributed by atoms with Crippen LogP contribution in [0, 0.1) is 0 Å². The molecule has 2 aliphatic heterocycles. The van der Waals surface area contributed by atoms with E-state index < -0.39 is 0 Å². The Morgan fingerprint density at radius 3 is 2.32 bits per heavy atom. The number of hydrogen-bond acceptors (Lipinski definition) is 7. The van der Waals surface area contributed by atoms with Gasteiger partial charge in [0.2, 0.25) is 17.8 Å². The Kier molecular flexibility index (Phi) is 6.55. The van der Waals surface area contributed by atoms with Gasteiger partial charge in [0, 0.05) is 57.8 Å². The van der Waals surface area contributed by atoms with Gasteiger partial charge < -0.3 is 25.0 Å². The van der Waals surface area contributed by atoms with E-state index in [1.165, 1.54) is 0 Å². The van der Waals surface area contributed by atoms with Gasteiger partial charge in [-0.05, 0) is 31.4 Å². The van der Waals surface area contributed by atoms with E-state index in [1.807, 2.05) is 44.7 Å². The Morgan fingerprint density at radius 1 is 0.882 bits per heavy atom. The van der Waals surface area contributed by atoms with Gasteiger partial charge in [0.05, 0.1) is 6.33 Å². The molecule has 2 N–H and O–H groups in total. The summed E-state index contributed by atoms with van der Waals surface area (Å²) in [6.07, 6.45) is 5.76. The molecule has 2 aliphatic rings. The second kappa shape index (κ2) is 10.1. The van der Waals surface area contributed by atoms with Gasteiger partial charge >= 0.3 is 0 Å². The first-order valence-electron chi connectivity index (χ1n) is 12.0. The Hall–Kier alpha value is -3.69. The molecule has 0 aliphatic carbocycles. The molecule has 4 heterocycles. The number of nitrogens with one attached hydrogen (secondary N) is 2. The molecule has 5 rings (SSSR count). The Bertz CT molecular complexity index is 1160. The highest BCUT2D eigenvalue weighted by Gasteiger charge is 2.21. The smallest absolute Gasteiger partial charge is 0.226 e. The molecule has 3 aromatic rings. The van der Waals surface area contributed by atoms with Crippen molar-refractivity contribution in [2.24, 2.45) is 0 Å². The predicted molar refractivity (Wildman–Crippen MR) is 130 cm³/mol. The largest absolute Gasteiger partial charge is 0.354 e. The number of carbonyl (C=O) groups excluding carboxylic acids is 2. The third kappa shape index (κ3) is 4.95. The van der Waals surface area contributed by atoms with E-state index in [2.05, 4.69) is 20.6 Å². The summed E-state index contributed by atoms with van der Waals surface area (Å²) in [7, 11) is 0. The summed E-state index contributed by atoms with van der Waals surface area (Å²) in [6.45, 7) is 4.34. The quantitative estimate of drug-likeness (QED) is 0.446. The van der Waals surface area contributed by atoms with Crippen LogP contribution in [0.2, 0.25) is 0 Å². The van der Waals surface area contributed by atoms with Gasteiger partial charge in [0.1, 0.15) is 0 Å². The van der Waals surface area contributed by atoms with Gasteiger partial charge in [-0.15, -0.1) is 0 Å².